The Hall–Kier alpha value is -2.97. The Morgan fingerprint density at radius 3 is 2.25 bits per heavy atom. The minimum Gasteiger partial charge on any atom is -0.279 e. The maximum Gasteiger partial charge on any atom is 0.346 e. The van der Waals surface area contributed by atoms with E-state index in [1.54, 1.807) is 10.6 Å². The molecule has 8 heteroatoms. The van der Waals surface area contributed by atoms with Crippen molar-refractivity contribution < 1.29 is 8.42 Å². The second kappa shape index (κ2) is 9.67. The number of rotatable bonds is 7. The number of hydrogen-bond acceptors (Lipinski definition) is 4. The van der Waals surface area contributed by atoms with Gasteiger partial charge in [-0.3, -0.25) is 4.57 Å². The lowest BCUT2D eigenvalue weighted by Crippen LogP contribution is -2.37. The van der Waals surface area contributed by atoms with Crippen LogP contribution in [-0.4, -0.2) is 40.2 Å². The summed E-state index contributed by atoms with van der Waals surface area (Å²) < 4.78 is 30.2. The van der Waals surface area contributed by atoms with Crippen LogP contribution in [0.15, 0.2) is 70.9 Å². The molecule has 0 spiro atoms. The summed E-state index contributed by atoms with van der Waals surface area (Å²) in [5, 5.41) is 5.92. The summed E-state index contributed by atoms with van der Waals surface area (Å²) >= 11 is 0. The molecule has 168 valence electrons. The highest BCUT2D eigenvalue weighted by molar-refractivity contribution is 7.92. The number of sulfonamides is 1. The van der Waals surface area contributed by atoms with Crippen LogP contribution in [0.3, 0.4) is 0 Å². The highest BCUT2D eigenvalue weighted by atomic mass is 32.2. The molecule has 0 bridgehead atoms. The van der Waals surface area contributed by atoms with Crippen molar-refractivity contribution in [1.82, 2.24) is 18.7 Å². The quantitative estimate of drug-likeness (QED) is 0.551. The number of aromatic nitrogens is 3. The third-order valence-corrected chi connectivity index (χ3v) is 7.42. The second-order valence-electron chi connectivity index (χ2n) is 7.96. The van der Waals surface area contributed by atoms with Crippen molar-refractivity contribution in [3.05, 3.63) is 93.5 Å². The zero-order valence-electron chi connectivity index (χ0n) is 18.2. The van der Waals surface area contributed by atoms with Gasteiger partial charge >= 0.3 is 5.69 Å². The summed E-state index contributed by atoms with van der Waals surface area (Å²) in [6.45, 7) is 3.73. The fourth-order valence-electron chi connectivity index (χ4n) is 4.10. The highest BCUT2D eigenvalue weighted by Gasteiger charge is 2.30. The van der Waals surface area contributed by atoms with Gasteiger partial charge in [0.05, 0.1) is 6.54 Å². The Morgan fingerprint density at radius 2 is 1.62 bits per heavy atom. The maximum absolute atomic E-state index is 12.9. The van der Waals surface area contributed by atoms with Gasteiger partial charge in [-0.25, -0.2) is 17.9 Å². The molecule has 1 saturated heterocycles. The topological polar surface area (TPSA) is 77.2 Å². The molecular weight excluding hydrogens is 424 g/mol. The van der Waals surface area contributed by atoms with Crippen LogP contribution in [-0.2, 0) is 23.1 Å². The molecule has 3 aromatic rings. The van der Waals surface area contributed by atoms with Crippen LogP contribution in [0.4, 0.5) is 0 Å². The molecule has 1 aliphatic rings. The van der Waals surface area contributed by atoms with E-state index in [9.17, 15) is 13.2 Å². The summed E-state index contributed by atoms with van der Waals surface area (Å²) in [5.74, 6) is 0.814. The number of piperidine rings is 1. The molecule has 32 heavy (non-hydrogen) atoms. The molecular formula is C24H28N4O3S. The van der Waals surface area contributed by atoms with Crippen molar-refractivity contribution in [3.63, 3.8) is 0 Å². The first-order valence-electron chi connectivity index (χ1n) is 10.9. The van der Waals surface area contributed by atoms with Gasteiger partial charge in [-0.2, -0.15) is 9.40 Å². The first-order valence-corrected chi connectivity index (χ1v) is 12.4. The van der Waals surface area contributed by atoms with E-state index in [1.165, 1.54) is 14.4 Å². The fourth-order valence-corrected chi connectivity index (χ4v) is 5.32. The number of benzene rings is 2. The normalized spacial score (nSPS) is 16.0. The molecule has 0 saturated carbocycles. The zero-order chi connectivity index (χ0) is 22.6. The Balaban J connectivity index is 1.46. The molecule has 0 amide bonds. The molecule has 7 nitrogen and oxygen atoms in total. The van der Waals surface area contributed by atoms with E-state index >= 15 is 0 Å². The zero-order valence-corrected chi connectivity index (χ0v) is 19.0. The Kier molecular flexibility index (Phi) is 6.72. The van der Waals surface area contributed by atoms with Crippen molar-refractivity contribution >= 4 is 16.1 Å². The molecule has 2 heterocycles. The van der Waals surface area contributed by atoms with Gasteiger partial charge in [0.2, 0.25) is 10.0 Å². The maximum atomic E-state index is 12.9. The van der Waals surface area contributed by atoms with Crippen LogP contribution >= 0.6 is 0 Å². The van der Waals surface area contributed by atoms with Crippen LogP contribution < -0.4 is 5.69 Å². The largest absolute Gasteiger partial charge is 0.346 e. The lowest BCUT2D eigenvalue weighted by molar-refractivity contribution is 0.311. The average Bonchev–Trinajstić information content (AvgIpc) is 3.14. The van der Waals surface area contributed by atoms with Crippen molar-refractivity contribution in [2.75, 3.05) is 13.1 Å². The standard InChI is InChI=1S/C24H28N4O3S/c1-2-27-23(25-28(24(27)29)19-21-11-7-4-8-12-21)22-13-16-26(17-14-22)32(30,31)18-15-20-9-5-3-6-10-20/h3-12,15,18,22H,2,13-14,16-17,19H2,1H3/b18-15+. The van der Waals surface area contributed by atoms with Crippen LogP contribution in [0.1, 0.15) is 42.6 Å². The Morgan fingerprint density at radius 1 is 1.00 bits per heavy atom. The summed E-state index contributed by atoms with van der Waals surface area (Å²) in [6.07, 6.45) is 2.90. The van der Waals surface area contributed by atoms with Crippen molar-refractivity contribution in [1.29, 1.82) is 0 Å². The minimum atomic E-state index is -3.49. The molecule has 0 N–H and O–H groups in total. The van der Waals surface area contributed by atoms with Gasteiger partial charge in [0, 0.05) is 31.0 Å². The molecule has 1 fully saturated rings. The van der Waals surface area contributed by atoms with E-state index in [0.717, 1.165) is 17.0 Å². The first kappa shape index (κ1) is 22.2. The smallest absolute Gasteiger partial charge is 0.279 e. The van der Waals surface area contributed by atoms with Crippen molar-refractivity contribution in [2.45, 2.75) is 38.8 Å². The van der Waals surface area contributed by atoms with Crippen LogP contribution in [0.2, 0.25) is 0 Å². The summed E-state index contributed by atoms with van der Waals surface area (Å²) in [5.41, 5.74) is 1.75. The predicted octanol–water partition coefficient (Wildman–Crippen LogP) is 3.29. The molecule has 2 aromatic carbocycles. The average molecular weight is 453 g/mol. The van der Waals surface area contributed by atoms with Crippen molar-refractivity contribution in [3.8, 4) is 0 Å². The first-order chi connectivity index (χ1) is 15.5. The molecule has 1 aliphatic heterocycles. The van der Waals surface area contributed by atoms with Gasteiger partial charge in [0.15, 0.2) is 0 Å². The Bertz CT molecular complexity index is 1220. The van der Waals surface area contributed by atoms with Crippen LogP contribution in [0, 0.1) is 0 Å². The highest BCUT2D eigenvalue weighted by Crippen LogP contribution is 2.28. The van der Waals surface area contributed by atoms with Gasteiger partial charge in [0.1, 0.15) is 5.82 Å². The lowest BCUT2D eigenvalue weighted by Gasteiger charge is -2.29. The van der Waals surface area contributed by atoms with Gasteiger partial charge in [0.25, 0.3) is 0 Å². The molecule has 0 radical (unpaired) electrons. The van der Waals surface area contributed by atoms with E-state index < -0.39 is 10.0 Å². The fraction of sp³-hybridized carbons (Fsp3) is 0.333. The van der Waals surface area contributed by atoms with E-state index in [1.807, 2.05) is 67.6 Å². The number of nitrogens with zero attached hydrogens (tertiary/aromatic N) is 4. The van der Waals surface area contributed by atoms with Crippen LogP contribution in [0.5, 0.6) is 0 Å². The molecule has 1 aromatic heterocycles. The van der Waals surface area contributed by atoms with E-state index in [0.29, 0.717) is 39.0 Å². The van der Waals surface area contributed by atoms with Gasteiger partial charge < -0.3 is 0 Å². The third-order valence-electron chi connectivity index (χ3n) is 5.85. The third kappa shape index (κ3) is 4.92. The van der Waals surface area contributed by atoms with E-state index in [2.05, 4.69) is 5.10 Å². The lowest BCUT2D eigenvalue weighted by atomic mass is 9.97. The van der Waals surface area contributed by atoms with Crippen LogP contribution in [0.25, 0.3) is 6.08 Å². The van der Waals surface area contributed by atoms with E-state index in [4.69, 9.17) is 0 Å². The number of hydrogen-bond donors (Lipinski definition) is 0. The SMILES string of the molecule is CCn1c(C2CCN(S(=O)(=O)/C=C/c3ccccc3)CC2)nn(Cc2ccccc2)c1=O. The second-order valence-corrected chi connectivity index (χ2v) is 9.78. The summed E-state index contributed by atoms with van der Waals surface area (Å²) in [6, 6.07) is 19.2. The van der Waals surface area contributed by atoms with Gasteiger partial charge in [-0.05, 0) is 37.0 Å². The molecule has 4 rings (SSSR count). The predicted molar refractivity (Wildman–Crippen MR) is 126 cm³/mol. The van der Waals surface area contributed by atoms with E-state index in [-0.39, 0.29) is 11.6 Å². The molecule has 0 unspecified atom stereocenters. The molecule has 0 atom stereocenters. The summed E-state index contributed by atoms with van der Waals surface area (Å²) in [7, 11) is -3.49. The molecule has 0 aliphatic carbocycles. The van der Waals surface area contributed by atoms with Gasteiger partial charge in [-0.15, -0.1) is 0 Å². The minimum absolute atomic E-state index is 0.0595. The Labute approximate surface area is 188 Å². The monoisotopic (exact) mass is 452 g/mol. The summed E-state index contributed by atoms with van der Waals surface area (Å²) in [4.78, 5) is 12.9. The van der Waals surface area contributed by atoms with Crippen molar-refractivity contribution in [2.24, 2.45) is 0 Å². The van der Waals surface area contributed by atoms with Gasteiger partial charge in [-0.1, -0.05) is 60.7 Å².